The molecule has 2 N–H and O–H groups in total. The first-order valence-corrected chi connectivity index (χ1v) is 8.36. The zero-order valence-corrected chi connectivity index (χ0v) is 14.6. The van der Waals surface area contributed by atoms with Crippen LogP contribution >= 0.6 is 11.6 Å². The maximum Gasteiger partial charge on any atom is 0.258 e. The van der Waals surface area contributed by atoms with Crippen LogP contribution < -0.4 is 16.0 Å². The number of aromatic nitrogens is 1. The van der Waals surface area contributed by atoms with Crippen molar-refractivity contribution in [2.75, 3.05) is 0 Å². The van der Waals surface area contributed by atoms with Gasteiger partial charge in [0.05, 0.1) is 17.0 Å². The normalized spacial score (nSPS) is 16.1. The van der Waals surface area contributed by atoms with Gasteiger partial charge in [0.2, 0.25) is 5.88 Å². The van der Waals surface area contributed by atoms with Crippen molar-refractivity contribution >= 4 is 22.5 Å². The fraction of sp³-hybridized carbons (Fsp3) is 0.100. The van der Waals surface area contributed by atoms with E-state index in [1.807, 2.05) is 30.3 Å². The molecule has 3 aromatic rings. The summed E-state index contributed by atoms with van der Waals surface area (Å²) in [5.41, 5.74) is 7.71. The van der Waals surface area contributed by atoms with Gasteiger partial charge in [0.1, 0.15) is 17.4 Å². The van der Waals surface area contributed by atoms with E-state index in [9.17, 15) is 10.1 Å². The first-order chi connectivity index (χ1) is 12.5. The fourth-order valence-electron chi connectivity index (χ4n) is 3.45. The topological polar surface area (TPSA) is 81.0 Å². The van der Waals surface area contributed by atoms with Crippen LogP contribution in [0.1, 0.15) is 17.0 Å². The van der Waals surface area contributed by atoms with Crippen LogP contribution in [0.25, 0.3) is 10.9 Å². The number of aryl methyl sites for hydroxylation is 1. The number of rotatable bonds is 1. The van der Waals surface area contributed by atoms with Gasteiger partial charge >= 0.3 is 0 Å². The molecule has 2 heterocycles. The summed E-state index contributed by atoms with van der Waals surface area (Å²) in [5, 5.41) is 10.9. The van der Waals surface area contributed by atoms with E-state index in [0.29, 0.717) is 21.9 Å². The van der Waals surface area contributed by atoms with Crippen LogP contribution in [0.4, 0.5) is 0 Å². The van der Waals surface area contributed by atoms with Crippen molar-refractivity contribution in [3.05, 3.63) is 86.5 Å². The zero-order chi connectivity index (χ0) is 18.4. The van der Waals surface area contributed by atoms with Gasteiger partial charge in [-0.05, 0) is 23.8 Å². The van der Waals surface area contributed by atoms with E-state index < -0.39 is 5.92 Å². The van der Waals surface area contributed by atoms with Gasteiger partial charge in [-0.15, -0.1) is 0 Å². The monoisotopic (exact) mass is 363 g/mol. The number of para-hydroxylation sites is 1. The van der Waals surface area contributed by atoms with Crippen molar-refractivity contribution in [3.63, 3.8) is 0 Å². The molecular formula is C20H14ClN3O2. The Hall–Kier alpha value is -3.23. The second kappa shape index (κ2) is 5.94. The summed E-state index contributed by atoms with van der Waals surface area (Å²) in [5.74, 6) is -0.311. The van der Waals surface area contributed by atoms with Crippen LogP contribution in [-0.4, -0.2) is 4.57 Å². The lowest BCUT2D eigenvalue weighted by Gasteiger charge is -2.28. The Kier molecular flexibility index (Phi) is 3.71. The molecule has 5 nitrogen and oxygen atoms in total. The highest BCUT2D eigenvalue weighted by Crippen LogP contribution is 2.44. The average molecular weight is 364 g/mol. The summed E-state index contributed by atoms with van der Waals surface area (Å²) in [4.78, 5) is 13.2. The summed E-state index contributed by atoms with van der Waals surface area (Å²) < 4.78 is 7.31. The molecule has 0 saturated heterocycles. The standard InChI is InChI=1S/C20H14ClN3O2/c1-24-15-9-5-3-7-12(15)18-17(20(24)25)16(13(10-22)19(23)26-18)11-6-2-4-8-14(11)21/h2-9,16H,23H2,1H3/t16-/m0/s1. The number of nitrogens with zero attached hydrogens (tertiary/aromatic N) is 2. The van der Waals surface area contributed by atoms with Gasteiger partial charge in [-0.3, -0.25) is 4.79 Å². The van der Waals surface area contributed by atoms with E-state index >= 15 is 0 Å². The van der Waals surface area contributed by atoms with Crippen molar-refractivity contribution in [1.29, 1.82) is 5.26 Å². The number of halogens is 1. The van der Waals surface area contributed by atoms with Crippen LogP contribution in [0.15, 0.2) is 64.8 Å². The first-order valence-electron chi connectivity index (χ1n) is 7.98. The Bertz CT molecular complexity index is 1190. The number of hydrogen-bond donors (Lipinski definition) is 1. The molecule has 0 bridgehead atoms. The summed E-state index contributed by atoms with van der Waals surface area (Å²) in [7, 11) is 1.70. The molecule has 0 aliphatic carbocycles. The number of hydrogen-bond acceptors (Lipinski definition) is 4. The number of nitrogens with two attached hydrogens (primary N) is 1. The number of ether oxygens (including phenoxy) is 1. The summed E-state index contributed by atoms with van der Waals surface area (Å²) in [6.45, 7) is 0. The molecule has 0 saturated carbocycles. The molecule has 0 radical (unpaired) electrons. The van der Waals surface area contributed by atoms with Crippen LogP contribution in [0.5, 0.6) is 5.75 Å². The predicted molar refractivity (Wildman–Crippen MR) is 99.9 cm³/mol. The largest absolute Gasteiger partial charge is 0.439 e. The summed E-state index contributed by atoms with van der Waals surface area (Å²) in [6.07, 6.45) is 0. The molecule has 2 aromatic carbocycles. The van der Waals surface area contributed by atoms with Crippen molar-refractivity contribution in [1.82, 2.24) is 4.57 Å². The molecule has 0 unspecified atom stereocenters. The van der Waals surface area contributed by atoms with Gasteiger partial charge in [0, 0.05) is 17.5 Å². The molecule has 4 rings (SSSR count). The lowest BCUT2D eigenvalue weighted by Crippen LogP contribution is -2.31. The minimum absolute atomic E-state index is 0.0108. The van der Waals surface area contributed by atoms with E-state index in [2.05, 4.69) is 6.07 Å². The number of pyridine rings is 1. The van der Waals surface area contributed by atoms with Gasteiger partial charge in [0.25, 0.3) is 5.56 Å². The minimum Gasteiger partial charge on any atom is -0.439 e. The molecule has 128 valence electrons. The number of fused-ring (bicyclic) bond motifs is 3. The number of benzene rings is 2. The second-order valence-corrected chi connectivity index (χ2v) is 6.48. The van der Waals surface area contributed by atoms with E-state index in [1.54, 1.807) is 29.8 Å². The molecule has 0 amide bonds. The third-order valence-corrected chi connectivity index (χ3v) is 5.03. The molecule has 26 heavy (non-hydrogen) atoms. The average Bonchev–Trinajstić information content (AvgIpc) is 2.65. The molecule has 1 aliphatic heterocycles. The number of allylic oxidation sites excluding steroid dienone is 1. The maximum absolute atomic E-state index is 13.2. The third kappa shape index (κ3) is 2.20. The van der Waals surface area contributed by atoms with Crippen molar-refractivity contribution < 1.29 is 4.74 Å². The van der Waals surface area contributed by atoms with Crippen molar-refractivity contribution in [2.24, 2.45) is 12.8 Å². The highest BCUT2D eigenvalue weighted by molar-refractivity contribution is 6.31. The van der Waals surface area contributed by atoms with Gasteiger partial charge in [-0.25, -0.2) is 0 Å². The molecule has 6 heteroatoms. The Morgan fingerprint density at radius 3 is 2.62 bits per heavy atom. The Balaban J connectivity index is 2.16. The molecule has 1 aromatic heterocycles. The third-order valence-electron chi connectivity index (χ3n) is 4.68. The van der Waals surface area contributed by atoms with Crippen LogP contribution in [0.3, 0.4) is 0 Å². The lowest BCUT2D eigenvalue weighted by atomic mass is 9.83. The van der Waals surface area contributed by atoms with E-state index in [0.717, 1.165) is 10.9 Å². The predicted octanol–water partition coefficient (Wildman–Crippen LogP) is 3.41. The lowest BCUT2D eigenvalue weighted by molar-refractivity contribution is 0.396. The smallest absolute Gasteiger partial charge is 0.258 e. The Labute approximate surface area is 154 Å². The van der Waals surface area contributed by atoms with Crippen molar-refractivity contribution in [3.8, 4) is 11.8 Å². The first kappa shape index (κ1) is 16.2. The SMILES string of the molecule is Cn1c(=O)c2c(c3ccccc31)OC(N)=C(C#N)[C@@H]2c1ccccc1Cl. The molecule has 0 fully saturated rings. The molecular weight excluding hydrogens is 350 g/mol. The quantitative estimate of drug-likeness (QED) is 0.718. The fourth-order valence-corrected chi connectivity index (χ4v) is 3.69. The Morgan fingerprint density at radius 2 is 1.88 bits per heavy atom. The van der Waals surface area contributed by atoms with Gasteiger partial charge < -0.3 is 15.0 Å². The van der Waals surface area contributed by atoms with Gasteiger partial charge in [-0.2, -0.15) is 5.26 Å². The van der Waals surface area contributed by atoms with Crippen LogP contribution in [0.2, 0.25) is 5.02 Å². The van der Waals surface area contributed by atoms with Gasteiger partial charge in [0.15, 0.2) is 0 Å². The van der Waals surface area contributed by atoms with E-state index in [4.69, 9.17) is 22.1 Å². The maximum atomic E-state index is 13.2. The van der Waals surface area contributed by atoms with Crippen LogP contribution in [0, 0.1) is 11.3 Å². The molecule has 0 spiro atoms. The summed E-state index contributed by atoms with van der Waals surface area (Å²) >= 11 is 6.38. The summed E-state index contributed by atoms with van der Waals surface area (Å²) in [6, 6.07) is 16.6. The van der Waals surface area contributed by atoms with E-state index in [-0.39, 0.29) is 17.0 Å². The highest BCUT2D eigenvalue weighted by atomic mass is 35.5. The number of nitriles is 1. The minimum atomic E-state index is -0.680. The Morgan fingerprint density at radius 1 is 1.19 bits per heavy atom. The zero-order valence-electron chi connectivity index (χ0n) is 13.9. The molecule has 1 atom stereocenters. The second-order valence-electron chi connectivity index (χ2n) is 6.07. The molecule has 1 aliphatic rings. The van der Waals surface area contributed by atoms with Gasteiger partial charge in [-0.1, -0.05) is 41.9 Å². The van der Waals surface area contributed by atoms with E-state index in [1.165, 1.54) is 0 Å². The van der Waals surface area contributed by atoms with Crippen molar-refractivity contribution in [2.45, 2.75) is 5.92 Å². The van der Waals surface area contributed by atoms with Crippen LogP contribution in [-0.2, 0) is 7.05 Å². The highest BCUT2D eigenvalue weighted by Gasteiger charge is 2.36.